The molecule has 0 saturated carbocycles. The summed E-state index contributed by atoms with van der Waals surface area (Å²) in [4.78, 5) is 24.5. The summed E-state index contributed by atoms with van der Waals surface area (Å²) in [5.41, 5.74) is 4.80. The maximum Gasteiger partial charge on any atom is 0.253 e. The van der Waals surface area contributed by atoms with Crippen molar-refractivity contribution in [2.75, 3.05) is 6.54 Å². The summed E-state index contributed by atoms with van der Waals surface area (Å²) in [6.45, 7) is 2.31. The smallest absolute Gasteiger partial charge is 0.253 e. The number of hydrogen-bond donors (Lipinski definition) is 3. The number of nitrogens with zero attached hydrogens (tertiary/aromatic N) is 1. The van der Waals surface area contributed by atoms with E-state index in [1.165, 1.54) is 6.21 Å². The third-order valence-electron chi connectivity index (χ3n) is 4.25. The predicted octanol–water partition coefficient (Wildman–Crippen LogP) is 1.68. The number of rotatable bonds is 4. The van der Waals surface area contributed by atoms with E-state index in [4.69, 9.17) is 0 Å². The highest BCUT2D eigenvalue weighted by molar-refractivity contribution is 6.03. The van der Waals surface area contributed by atoms with Crippen molar-refractivity contribution in [3.05, 3.63) is 65.2 Å². The number of nitrogens with one attached hydrogen (secondary N) is 2. The summed E-state index contributed by atoms with van der Waals surface area (Å²) < 4.78 is 0. The highest BCUT2D eigenvalue weighted by Gasteiger charge is 2.40. The summed E-state index contributed by atoms with van der Waals surface area (Å²) in [5, 5.41) is 16.4. The van der Waals surface area contributed by atoms with Crippen molar-refractivity contribution in [3.8, 4) is 5.75 Å². The molecule has 0 aromatic heterocycles. The Balaban J connectivity index is 1.72. The van der Waals surface area contributed by atoms with Crippen molar-refractivity contribution >= 4 is 18.0 Å². The van der Waals surface area contributed by atoms with Gasteiger partial charge in [0.25, 0.3) is 5.91 Å². The van der Waals surface area contributed by atoms with Crippen molar-refractivity contribution in [2.24, 2.45) is 11.0 Å². The van der Waals surface area contributed by atoms with Crippen LogP contribution in [-0.4, -0.2) is 29.7 Å². The number of benzene rings is 2. The van der Waals surface area contributed by atoms with Gasteiger partial charge in [-0.05, 0) is 24.6 Å². The van der Waals surface area contributed by atoms with Crippen molar-refractivity contribution in [1.29, 1.82) is 0 Å². The summed E-state index contributed by atoms with van der Waals surface area (Å²) in [5.74, 6) is -1.75. The van der Waals surface area contributed by atoms with Gasteiger partial charge in [-0.25, -0.2) is 5.43 Å². The summed E-state index contributed by atoms with van der Waals surface area (Å²) in [6.07, 6.45) is 1.37. The van der Waals surface area contributed by atoms with E-state index in [2.05, 4.69) is 15.8 Å². The second-order valence-electron chi connectivity index (χ2n) is 6.04. The molecule has 2 atom stereocenters. The lowest BCUT2D eigenvalue weighted by Crippen LogP contribution is -2.34. The van der Waals surface area contributed by atoms with E-state index in [9.17, 15) is 14.7 Å². The lowest BCUT2D eigenvalue weighted by Gasteiger charge is -2.15. The first kappa shape index (κ1) is 16.7. The fraction of sp³-hybridized carbons (Fsp3) is 0.211. The number of hydrogen-bond acceptors (Lipinski definition) is 4. The van der Waals surface area contributed by atoms with Crippen molar-refractivity contribution in [3.63, 3.8) is 0 Å². The van der Waals surface area contributed by atoms with Gasteiger partial charge in [-0.1, -0.05) is 42.0 Å². The monoisotopic (exact) mass is 337 g/mol. The average Bonchev–Trinajstić information content (AvgIpc) is 3.00. The minimum absolute atomic E-state index is 0.0735. The summed E-state index contributed by atoms with van der Waals surface area (Å²) >= 11 is 0. The standard InChI is InChI=1S/C19H19N3O3/c1-12-7-8-16(23)14(9-12)10-21-22-19(25)17-15(11-20-18(17)24)13-5-3-2-4-6-13/h2-10,15,17,23H,11H2,1H3,(H,20,24)(H,22,25)/b21-10-/t15-,17-/m1/s1. The van der Waals surface area contributed by atoms with Gasteiger partial charge in [0.1, 0.15) is 11.7 Å². The van der Waals surface area contributed by atoms with Crippen LogP contribution in [0.5, 0.6) is 5.75 Å². The minimum Gasteiger partial charge on any atom is -0.507 e. The molecular weight excluding hydrogens is 318 g/mol. The molecule has 0 unspecified atom stereocenters. The topological polar surface area (TPSA) is 90.8 Å². The van der Waals surface area contributed by atoms with Gasteiger partial charge in [0.15, 0.2) is 0 Å². The Hall–Kier alpha value is -3.15. The number of hydrazone groups is 1. The van der Waals surface area contributed by atoms with Crippen LogP contribution in [0.15, 0.2) is 53.6 Å². The lowest BCUT2D eigenvalue weighted by molar-refractivity contribution is -0.133. The Bertz CT molecular complexity index is 818. The predicted molar refractivity (Wildman–Crippen MR) is 94.3 cm³/mol. The lowest BCUT2D eigenvalue weighted by atomic mass is 9.88. The summed E-state index contributed by atoms with van der Waals surface area (Å²) in [7, 11) is 0. The fourth-order valence-corrected chi connectivity index (χ4v) is 2.95. The van der Waals surface area contributed by atoms with Gasteiger partial charge in [-0.3, -0.25) is 9.59 Å². The average molecular weight is 337 g/mol. The molecule has 1 fully saturated rings. The van der Waals surface area contributed by atoms with Gasteiger partial charge >= 0.3 is 0 Å². The van der Waals surface area contributed by atoms with Crippen LogP contribution < -0.4 is 10.7 Å². The molecule has 1 saturated heterocycles. The number of aromatic hydroxyl groups is 1. The molecule has 0 radical (unpaired) electrons. The Morgan fingerprint density at radius 3 is 2.80 bits per heavy atom. The Kier molecular flexibility index (Phi) is 4.79. The zero-order valence-electron chi connectivity index (χ0n) is 13.8. The van der Waals surface area contributed by atoms with Gasteiger partial charge in [-0.2, -0.15) is 5.10 Å². The normalized spacial score (nSPS) is 19.8. The molecule has 3 N–H and O–H groups in total. The number of amides is 2. The van der Waals surface area contributed by atoms with E-state index < -0.39 is 11.8 Å². The molecule has 25 heavy (non-hydrogen) atoms. The Morgan fingerprint density at radius 2 is 2.04 bits per heavy atom. The molecule has 2 aromatic rings. The van der Waals surface area contributed by atoms with E-state index in [0.29, 0.717) is 12.1 Å². The van der Waals surface area contributed by atoms with Crippen molar-refractivity contribution in [2.45, 2.75) is 12.8 Å². The Morgan fingerprint density at radius 1 is 1.28 bits per heavy atom. The fourth-order valence-electron chi connectivity index (χ4n) is 2.95. The number of phenols is 1. The maximum atomic E-state index is 12.4. The molecule has 1 aliphatic rings. The second kappa shape index (κ2) is 7.17. The van der Waals surface area contributed by atoms with E-state index >= 15 is 0 Å². The van der Waals surface area contributed by atoms with Crippen LogP contribution in [0, 0.1) is 12.8 Å². The molecule has 2 aromatic carbocycles. The molecule has 128 valence electrons. The Labute approximate surface area is 145 Å². The zero-order chi connectivity index (χ0) is 17.8. The number of phenolic OH excluding ortho intramolecular Hbond substituents is 1. The largest absolute Gasteiger partial charge is 0.507 e. The molecule has 6 nitrogen and oxygen atoms in total. The quantitative estimate of drug-likeness (QED) is 0.450. The first-order valence-corrected chi connectivity index (χ1v) is 8.01. The van der Waals surface area contributed by atoms with Gasteiger partial charge in [0.2, 0.25) is 5.91 Å². The molecule has 0 bridgehead atoms. The van der Waals surface area contributed by atoms with Gasteiger partial charge in [-0.15, -0.1) is 0 Å². The molecule has 1 aliphatic heterocycles. The third-order valence-corrected chi connectivity index (χ3v) is 4.25. The number of carbonyl (C=O) groups excluding carboxylic acids is 2. The zero-order valence-corrected chi connectivity index (χ0v) is 13.8. The van der Waals surface area contributed by atoms with Crippen LogP contribution in [0.25, 0.3) is 0 Å². The molecule has 0 spiro atoms. The first-order chi connectivity index (χ1) is 12.1. The van der Waals surface area contributed by atoms with Crippen LogP contribution in [0.1, 0.15) is 22.6 Å². The van der Waals surface area contributed by atoms with Crippen molar-refractivity contribution in [1.82, 2.24) is 10.7 Å². The minimum atomic E-state index is -0.828. The summed E-state index contributed by atoms with van der Waals surface area (Å²) in [6, 6.07) is 14.5. The third kappa shape index (κ3) is 3.68. The van der Waals surface area contributed by atoms with Crippen LogP contribution in [-0.2, 0) is 9.59 Å². The SMILES string of the molecule is Cc1ccc(O)c(/C=N\NC(=O)[C@H]2C(=O)NC[C@@H]2c2ccccc2)c1. The molecule has 2 amide bonds. The van der Waals surface area contributed by atoms with E-state index in [1.807, 2.05) is 37.3 Å². The van der Waals surface area contributed by atoms with Gasteiger partial charge < -0.3 is 10.4 Å². The van der Waals surface area contributed by atoms with Crippen molar-refractivity contribution < 1.29 is 14.7 Å². The number of carbonyl (C=O) groups is 2. The van der Waals surface area contributed by atoms with Crippen LogP contribution in [0.3, 0.4) is 0 Å². The second-order valence-corrected chi connectivity index (χ2v) is 6.04. The number of aryl methyl sites for hydroxylation is 1. The van der Waals surface area contributed by atoms with E-state index in [-0.39, 0.29) is 17.6 Å². The highest BCUT2D eigenvalue weighted by atomic mass is 16.3. The highest BCUT2D eigenvalue weighted by Crippen LogP contribution is 2.29. The molecule has 3 rings (SSSR count). The molecular formula is C19H19N3O3. The maximum absolute atomic E-state index is 12.4. The van der Waals surface area contributed by atoms with E-state index in [1.54, 1.807) is 18.2 Å². The van der Waals surface area contributed by atoms with Crippen LogP contribution >= 0.6 is 0 Å². The van der Waals surface area contributed by atoms with Gasteiger partial charge in [0, 0.05) is 18.0 Å². The van der Waals surface area contributed by atoms with Crippen LogP contribution in [0.2, 0.25) is 0 Å². The first-order valence-electron chi connectivity index (χ1n) is 8.01. The molecule has 6 heteroatoms. The van der Waals surface area contributed by atoms with Crippen LogP contribution in [0.4, 0.5) is 0 Å². The molecule has 0 aliphatic carbocycles. The van der Waals surface area contributed by atoms with Gasteiger partial charge in [0.05, 0.1) is 6.21 Å². The van der Waals surface area contributed by atoms with E-state index in [0.717, 1.165) is 11.1 Å². The molecule has 1 heterocycles.